The molecule has 0 aromatic rings. The highest BCUT2D eigenvalue weighted by atomic mass is 16.5. The normalized spacial score (nSPS) is 33.0. The van der Waals surface area contributed by atoms with Gasteiger partial charge in [-0.2, -0.15) is 0 Å². The van der Waals surface area contributed by atoms with E-state index in [4.69, 9.17) is 4.74 Å². The number of carbonyl (C=O) groups is 1. The monoisotopic (exact) mass is 208 g/mol. The van der Waals surface area contributed by atoms with E-state index < -0.39 is 0 Å². The molecular weight excluding hydrogens is 188 g/mol. The lowest BCUT2D eigenvalue weighted by atomic mass is 9.81. The van der Waals surface area contributed by atoms with Crippen LogP contribution in [-0.4, -0.2) is 12.6 Å². The molecule has 2 aliphatic rings. The van der Waals surface area contributed by atoms with Crippen molar-refractivity contribution in [3.63, 3.8) is 0 Å². The Morgan fingerprint density at radius 3 is 2.60 bits per heavy atom. The van der Waals surface area contributed by atoms with Crippen molar-refractivity contribution in [3.8, 4) is 0 Å². The predicted octanol–water partition coefficient (Wildman–Crippen LogP) is 3.08. The largest absolute Gasteiger partial charge is 0.462 e. The quantitative estimate of drug-likeness (QED) is 0.524. The molecule has 15 heavy (non-hydrogen) atoms. The molecule has 2 saturated carbocycles. The van der Waals surface area contributed by atoms with Crippen LogP contribution in [0, 0.1) is 11.3 Å². The summed E-state index contributed by atoms with van der Waals surface area (Å²) in [6.07, 6.45) is 7.92. The van der Waals surface area contributed by atoms with Gasteiger partial charge in [0, 0.05) is 5.57 Å². The van der Waals surface area contributed by atoms with Gasteiger partial charge in [0.1, 0.15) is 0 Å². The van der Waals surface area contributed by atoms with Crippen LogP contribution >= 0.6 is 0 Å². The Morgan fingerprint density at radius 1 is 1.47 bits per heavy atom. The maximum absolute atomic E-state index is 11.2. The molecule has 0 saturated heterocycles. The van der Waals surface area contributed by atoms with Gasteiger partial charge in [-0.15, -0.1) is 0 Å². The zero-order valence-corrected chi connectivity index (χ0v) is 9.55. The van der Waals surface area contributed by atoms with Gasteiger partial charge in [0.15, 0.2) is 0 Å². The molecule has 2 heteroatoms. The SMILES string of the molecule is C=C(C)C(=O)OCCC12CCC(CC1)C2. The molecule has 0 amide bonds. The first-order chi connectivity index (χ1) is 7.11. The standard InChI is InChI=1S/C13H20O2/c1-10(2)12(14)15-8-7-13-5-3-11(9-13)4-6-13/h11H,1,3-9H2,2H3. The molecule has 0 radical (unpaired) electrons. The number of hydrogen-bond acceptors (Lipinski definition) is 2. The van der Waals surface area contributed by atoms with Crippen molar-refractivity contribution in [1.82, 2.24) is 0 Å². The van der Waals surface area contributed by atoms with E-state index in [9.17, 15) is 4.79 Å². The Bertz CT molecular complexity index is 272. The third-order valence-electron chi connectivity index (χ3n) is 4.10. The van der Waals surface area contributed by atoms with Crippen molar-refractivity contribution in [2.45, 2.75) is 45.4 Å². The fourth-order valence-corrected chi connectivity index (χ4v) is 3.15. The fourth-order valence-electron chi connectivity index (χ4n) is 3.15. The second kappa shape index (κ2) is 3.99. The van der Waals surface area contributed by atoms with Crippen LogP contribution in [-0.2, 0) is 9.53 Å². The number of hydrogen-bond donors (Lipinski definition) is 0. The van der Waals surface area contributed by atoms with E-state index in [1.54, 1.807) is 6.92 Å². The number of fused-ring (bicyclic) bond motifs is 2. The molecule has 0 N–H and O–H groups in total. The minimum atomic E-state index is -0.237. The highest BCUT2D eigenvalue weighted by Gasteiger charge is 2.44. The van der Waals surface area contributed by atoms with Gasteiger partial charge in [0.05, 0.1) is 6.61 Å². The van der Waals surface area contributed by atoms with Crippen molar-refractivity contribution < 1.29 is 9.53 Å². The molecule has 0 aliphatic heterocycles. The molecule has 2 rings (SSSR count). The third kappa shape index (κ3) is 2.24. The second-order valence-electron chi connectivity index (χ2n) is 5.31. The Labute approximate surface area is 91.7 Å². The fraction of sp³-hybridized carbons (Fsp3) is 0.769. The van der Waals surface area contributed by atoms with Crippen molar-refractivity contribution in [2.24, 2.45) is 11.3 Å². The summed E-state index contributed by atoms with van der Waals surface area (Å²) < 4.78 is 5.17. The predicted molar refractivity (Wildman–Crippen MR) is 59.4 cm³/mol. The van der Waals surface area contributed by atoms with Crippen LogP contribution in [0.25, 0.3) is 0 Å². The van der Waals surface area contributed by atoms with Crippen LogP contribution in [0.15, 0.2) is 12.2 Å². The Balaban J connectivity index is 1.74. The first-order valence-electron chi connectivity index (χ1n) is 5.94. The molecule has 0 unspecified atom stereocenters. The lowest BCUT2D eigenvalue weighted by molar-refractivity contribution is -0.139. The van der Waals surface area contributed by atoms with E-state index in [-0.39, 0.29) is 5.97 Å². The summed E-state index contributed by atoms with van der Waals surface area (Å²) in [5, 5.41) is 0. The number of esters is 1. The summed E-state index contributed by atoms with van der Waals surface area (Å²) in [7, 11) is 0. The number of ether oxygens (including phenoxy) is 1. The van der Waals surface area contributed by atoms with Gasteiger partial charge in [0.2, 0.25) is 0 Å². The van der Waals surface area contributed by atoms with Crippen molar-refractivity contribution in [2.75, 3.05) is 6.61 Å². The molecule has 0 spiro atoms. The highest BCUT2D eigenvalue weighted by molar-refractivity contribution is 5.86. The summed E-state index contributed by atoms with van der Waals surface area (Å²) in [5.41, 5.74) is 1.03. The minimum Gasteiger partial charge on any atom is -0.462 e. The molecule has 2 fully saturated rings. The smallest absolute Gasteiger partial charge is 0.333 e. The van der Waals surface area contributed by atoms with Gasteiger partial charge in [-0.3, -0.25) is 0 Å². The van der Waals surface area contributed by atoms with E-state index in [2.05, 4.69) is 6.58 Å². The third-order valence-corrected chi connectivity index (χ3v) is 4.10. The van der Waals surface area contributed by atoms with Gasteiger partial charge >= 0.3 is 5.97 Å². The summed E-state index contributed by atoms with van der Waals surface area (Å²) in [4.78, 5) is 11.2. The minimum absolute atomic E-state index is 0.237. The summed E-state index contributed by atoms with van der Waals surface area (Å²) in [6.45, 7) is 5.85. The van der Waals surface area contributed by atoms with Crippen LogP contribution in [0.4, 0.5) is 0 Å². The molecule has 2 nitrogen and oxygen atoms in total. The maximum atomic E-state index is 11.2. The molecule has 2 bridgehead atoms. The van der Waals surface area contributed by atoms with E-state index in [0.29, 0.717) is 17.6 Å². The molecule has 0 aromatic heterocycles. The molecular formula is C13H20O2. The molecule has 2 aliphatic carbocycles. The average molecular weight is 208 g/mol. The Hall–Kier alpha value is -0.790. The van der Waals surface area contributed by atoms with Crippen LogP contribution in [0.3, 0.4) is 0 Å². The summed E-state index contributed by atoms with van der Waals surface area (Å²) >= 11 is 0. The van der Waals surface area contributed by atoms with Gasteiger partial charge < -0.3 is 4.74 Å². The van der Waals surface area contributed by atoms with Crippen LogP contribution in [0.5, 0.6) is 0 Å². The molecule has 0 atom stereocenters. The Kier molecular flexibility index (Phi) is 2.85. The molecule has 0 heterocycles. The summed E-state index contributed by atoms with van der Waals surface area (Å²) in [5.74, 6) is 0.737. The Morgan fingerprint density at radius 2 is 2.13 bits per heavy atom. The molecule has 84 valence electrons. The first kappa shape index (κ1) is 10.7. The highest BCUT2D eigenvalue weighted by Crippen LogP contribution is 2.55. The lowest BCUT2D eigenvalue weighted by Crippen LogP contribution is -2.18. The van der Waals surface area contributed by atoms with Crippen molar-refractivity contribution >= 4 is 5.97 Å². The molecule has 0 aromatic carbocycles. The van der Waals surface area contributed by atoms with Gasteiger partial charge in [-0.1, -0.05) is 6.58 Å². The summed E-state index contributed by atoms with van der Waals surface area (Å²) in [6, 6.07) is 0. The number of rotatable bonds is 4. The zero-order valence-electron chi connectivity index (χ0n) is 9.55. The van der Waals surface area contributed by atoms with Crippen LogP contribution < -0.4 is 0 Å². The van der Waals surface area contributed by atoms with E-state index in [0.717, 1.165) is 12.3 Å². The first-order valence-corrected chi connectivity index (χ1v) is 5.94. The number of carbonyl (C=O) groups excluding carboxylic acids is 1. The topological polar surface area (TPSA) is 26.3 Å². The van der Waals surface area contributed by atoms with Crippen LogP contribution in [0.2, 0.25) is 0 Å². The van der Waals surface area contributed by atoms with Gasteiger partial charge in [0.25, 0.3) is 0 Å². The lowest BCUT2D eigenvalue weighted by Gasteiger charge is -2.25. The zero-order chi connectivity index (χ0) is 10.9. The van der Waals surface area contributed by atoms with Gasteiger partial charge in [-0.25, -0.2) is 4.79 Å². The van der Waals surface area contributed by atoms with E-state index in [1.165, 1.54) is 32.1 Å². The second-order valence-corrected chi connectivity index (χ2v) is 5.31. The average Bonchev–Trinajstić information content (AvgIpc) is 2.77. The van der Waals surface area contributed by atoms with E-state index in [1.807, 2.05) is 0 Å². The van der Waals surface area contributed by atoms with Crippen molar-refractivity contribution in [1.29, 1.82) is 0 Å². The van der Waals surface area contributed by atoms with Gasteiger partial charge in [-0.05, 0) is 56.8 Å². The maximum Gasteiger partial charge on any atom is 0.333 e. The van der Waals surface area contributed by atoms with E-state index >= 15 is 0 Å². The van der Waals surface area contributed by atoms with Crippen LogP contribution in [0.1, 0.15) is 45.4 Å². The van der Waals surface area contributed by atoms with Crippen molar-refractivity contribution in [3.05, 3.63) is 12.2 Å².